The minimum atomic E-state index is -0.298. The highest BCUT2D eigenvalue weighted by Gasteiger charge is 2.22. The van der Waals surface area contributed by atoms with Gasteiger partial charge in [0.15, 0.2) is 0 Å². The molecule has 0 bridgehead atoms. The summed E-state index contributed by atoms with van der Waals surface area (Å²) >= 11 is 0. The van der Waals surface area contributed by atoms with E-state index in [9.17, 15) is 9.59 Å². The number of imide groups is 1. The van der Waals surface area contributed by atoms with Crippen LogP contribution in [0.15, 0.2) is 12.2 Å². The molecule has 114 valence electrons. The molecule has 0 atom stereocenters. The van der Waals surface area contributed by atoms with Gasteiger partial charge in [-0.1, -0.05) is 0 Å². The minimum Gasteiger partial charge on any atom is -0.377 e. The fourth-order valence-corrected chi connectivity index (χ4v) is 1.46. The van der Waals surface area contributed by atoms with Crippen molar-refractivity contribution < 1.29 is 28.6 Å². The molecule has 1 aliphatic rings. The zero-order chi connectivity index (χ0) is 14.6. The van der Waals surface area contributed by atoms with Crippen LogP contribution in [0.4, 0.5) is 0 Å². The van der Waals surface area contributed by atoms with E-state index >= 15 is 0 Å². The van der Waals surface area contributed by atoms with Gasteiger partial charge in [0.25, 0.3) is 11.8 Å². The molecular formula is C12H20N2O6. The first-order chi connectivity index (χ1) is 9.75. The van der Waals surface area contributed by atoms with E-state index in [1.165, 1.54) is 12.2 Å². The third kappa shape index (κ3) is 6.73. The van der Waals surface area contributed by atoms with Crippen molar-refractivity contribution in [1.29, 1.82) is 0 Å². The van der Waals surface area contributed by atoms with E-state index in [1.54, 1.807) is 0 Å². The normalized spacial score (nSPS) is 14.6. The van der Waals surface area contributed by atoms with Crippen LogP contribution in [-0.4, -0.2) is 69.5 Å². The predicted octanol–water partition coefficient (Wildman–Crippen LogP) is -1.15. The van der Waals surface area contributed by atoms with E-state index < -0.39 is 0 Å². The zero-order valence-corrected chi connectivity index (χ0v) is 11.3. The van der Waals surface area contributed by atoms with E-state index in [-0.39, 0.29) is 18.4 Å². The smallest absolute Gasteiger partial charge is 0.253 e. The Hall–Kier alpha value is -1.32. The Bertz CT molecular complexity index is 316. The van der Waals surface area contributed by atoms with Gasteiger partial charge < -0.3 is 19.0 Å². The van der Waals surface area contributed by atoms with Gasteiger partial charge in [0.1, 0.15) is 0 Å². The number of nitrogens with two attached hydrogens (primary N) is 1. The van der Waals surface area contributed by atoms with Crippen LogP contribution in [0.2, 0.25) is 0 Å². The van der Waals surface area contributed by atoms with Crippen molar-refractivity contribution in [3.8, 4) is 0 Å². The SMILES string of the molecule is NOCCOCCOCCOCCN1C(=O)C=CC1=O. The number of ether oxygens (including phenoxy) is 3. The third-order valence-corrected chi connectivity index (χ3v) is 2.45. The van der Waals surface area contributed by atoms with Gasteiger partial charge in [-0.25, -0.2) is 5.90 Å². The fraction of sp³-hybridized carbons (Fsp3) is 0.667. The van der Waals surface area contributed by atoms with Crippen LogP contribution in [-0.2, 0) is 28.6 Å². The number of rotatable bonds is 12. The van der Waals surface area contributed by atoms with Crippen molar-refractivity contribution in [1.82, 2.24) is 4.90 Å². The van der Waals surface area contributed by atoms with Crippen molar-refractivity contribution >= 4 is 11.8 Å². The Balaban J connectivity index is 1.83. The first-order valence-corrected chi connectivity index (χ1v) is 6.34. The average Bonchev–Trinajstić information content (AvgIpc) is 2.76. The van der Waals surface area contributed by atoms with Crippen LogP contribution < -0.4 is 5.90 Å². The molecule has 0 saturated carbocycles. The number of amides is 2. The Kier molecular flexibility index (Phi) is 8.76. The van der Waals surface area contributed by atoms with Gasteiger partial charge in [-0.2, -0.15) is 0 Å². The van der Waals surface area contributed by atoms with Crippen LogP contribution in [0.5, 0.6) is 0 Å². The highest BCUT2D eigenvalue weighted by molar-refractivity contribution is 6.12. The van der Waals surface area contributed by atoms with Gasteiger partial charge in [0.2, 0.25) is 0 Å². The maximum atomic E-state index is 11.2. The molecule has 1 heterocycles. The molecule has 2 N–H and O–H groups in total. The Morgan fingerprint density at radius 1 is 0.800 bits per heavy atom. The average molecular weight is 288 g/mol. The number of carbonyl (C=O) groups is 2. The molecule has 0 radical (unpaired) electrons. The Labute approximate surface area is 117 Å². The van der Waals surface area contributed by atoms with Crippen LogP contribution in [0.25, 0.3) is 0 Å². The number of hydrogen-bond donors (Lipinski definition) is 1. The van der Waals surface area contributed by atoms with Crippen molar-refractivity contribution in [2.75, 3.05) is 52.8 Å². The molecule has 0 aromatic carbocycles. The topological polar surface area (TPSA) is 100 Å². The van der Waals surface area contributed by atoms with Gasteiger partial charge in [-0.05, 0) is 0 Å². The Morgan fingerprint density at radius 2 is 1.25 bits per heavy atom. The molecular weight excluding hydrogens is 268 g/mol. The summed E-state index contributed by atoms with van der Waals surface area (Å²) in [5, 5.41) is 0. The lowest BCUT2D eigenvalue weighted by atomic mass is 10.5. The van der Waals surface area contributed by atoms with Crippen molar-refractivity contribution in [2.45, 2.75) is 0 Å². The molecule has 0 unspecified atom stereocenters. The molecule has 0 aliphatic carbocycles. The lowest BCUT2D eigenvalue weighted by Gasteiger charge is -2.13. The fourth-order valence-electron chi connectivity index (χ4n) is 1.46. The van der Waals surface area contributed by atoms with Crippen LogP contribution in [0.3, 0.4) is 0 Å². The summed E-state index contributed by atoms with van der Waals surface area (Å²) in [6, 6.07) is 0. The zero-order valence-electron chi connectivity index (χ0n) is 11.3. The van der Waals surface area contributed by atoms with Crippen LogP contribution >= 0.6 is 0 Å². The first kappa shape index (κ1) is 16.7. The molecule has 1 rings (SSSR count). The largest absolute Gasteiger partial charge is 0.377 e. The van der Waals surface area contributed by atoms with Gasteiger partial charge >= 0.3 is 0 Å². The summed E-state index contributed by atoms with van der Waals surface area (Å²) < 4.78 is 15.6. The summed E-state index contributed by atoms with van der Waals surface area (Å²) in [7, 11) is 0. The molecule has 8 nitrogen and oxygen atoms in total. The summed E-state index contributed by atoms with van der Waals surface area (Å²) in [4.78, 5) is 27.9. The maximum absolute atomic E-state index is 11.2. The van der Waals surface area contributed by atoms with Gasteiger partial charge in [-0.15, -0.1) is 0 Å². The van der Waals surface area contributed by atoms with E-state index in [1.807, 2.05) is 0 Å². The van der Waals surface area contributed by atoms with Crippen molar-refractivity contribution in [3.63, 3.8) is 0 Å². The number of nitrogens with zero attached hydrogens (tertiary/aromatic N) is 1. The maximum Gasteiger partial charge on any atom is 0.253 e. The summed E-state index contributed by atoms with van der Waals surface area (Å²) in [5.74, 6) is 4.23. The quantitative estimate of drug-likeness (QED) is 0.275. The minimum absolute atomic E-state index is 0.257. The molecule has 2 amide bonds. The lowest BCUT2D eigenvalue weighted by Crippen LogP contribution is -2.33. The molecule has 0 fully saturated rings. The molecule has 0 saturated heterocycles. The van der Waals surface area contributed by atoms with Gasteiger partial charge in [0, 0.05) is 12.2 Å². The van der Waals surface area contributed by atoms with Crippen molar-refractivity contribution in [2.24, 2.45) is 5.90 Å². The number of carbonyl (C=O) groups excluding carboxylic acids is 2. The monoisotopic (exact) mass is 288 g/mol. The second kappa shape index (κ2) is 10.5. The first-order valence-electron chi connectivity index (χ1n) is 6.34. The molecule has 0 aromatic heterocycles. The Morgan fingerprint density at radius 3 is 1.75 bits per heavy atom. The number of hydrogen-bond acceptors (Lipinski definition) is 7. The molecule has 8 heteroatoms. The van der Waals surface area contributed by atoms with Crippen LogP contribution in [0.1, 0.15) is 0 Å². The lowest BCUT2D eigenvalue weighted by molar-refractivity contribution is -0.137. The second-order valence-electron chi connectivity index (χ2n) is 3.87. The van der Waals surface area contributed by atoms with E-state index in [4.69, 9.17) is 20.1 Å². The van der Waals surface area contributed by atoms with E-state index in [0.717, 1.165) is 4.90 Å². The summed E-state index contributed by atoms with van der Waals surface area (Å²) in [6.45, 7) is 3.09. The van der Waals surface area contributed by atoms with Gasteiger partial charge in [0.05, 0.1) is 52.8 Å². The van der Waals surface area contributed by atoms with E-state index in [0.29, 0.717) is 46.2 Å². The summed E-state index contributed by atoms with van der Waals surface area (Å²) in [5.41, 5.74) is 0. The molecule has 0 aromatic rings. The standard InChI is InChI=1S/C12H20N2O6/c13-20-10-9-19-8-7-18-6-5-17-4-3-14-11(15)1-2-12(14)16/h1-2H,3-10,13H2. The van der Waals surface area contributed by atoms with Crippen molar-refractivity contribution in [3.05, 3.63) is 12.2 Å². The third-order valence-electron chi connectivity index (χ3n) is 2.45. The predicted molar refractivity (Wildman–Crippen MR) is 68.5 cm³/mol. The molecule has 1 aliphatic heterocycles. The molecule has 0 spiro atoms. The van der Waals surface area contributed by atoms with Gasteiger partial charge in [-0.3, -0.25) is 14.5 Å². The molecule has 20 heavy (non-hydrogen) atoms. The highest BCUT2D eigenvalue weighted by atomic mass is 16.6. The highest BCUT2D eigenvalue weighted by Crippen LogP contribution is 2.02. The summed E-state index contributed by atoms with van der Waals surface area (Å²) in [6.07, 6.45) is 2.50. The van der Waals surface area contributed by atoms with Crippen LogP contribution in [0, 0.1) is 0 Å². The van der Waals surface area contributed by atoms with E-state index in [2.05, 4.69) is 4.84 Å². The second-order valence-corrected chi connectivity index (χ2v) is 3.87.